The van der Waals surface area contributed by atoms with Crippen molar-refractivity contribution < 1.29 is 19.2 Å². The first-order valence-corrected chi connectivity index (χ1v) is 6.18. The second-order valence-corrected chi connectivity index (χ2v) is 4.86. The van der Waals surface area contributed by atoms with Gasteiger partial charge >= 0.3 is 5.69 Å². The first kappa shape index (κ1) is 13.4. The number of nitro groups is 1. The monoisotopic (exact) mass is 283 g/mol. The van der Waals surface area contributed by atoms with Crippen LogP contribution >= 0.6 is 11.3 Å². The summed E-state index contributed by atoms with van der Waals surface area (Å²) in [6.07, 6.45) is -0.825. The molecule has 1 heterocycles. The summed E-state index contributed by atoms with van der Waals surface area (Å²) < 4.78 is 18.3. The van der Waals surface area contributed by atoms with Gasteiger partial charge in [-0.3, -0.25) is 10.1 Å². The van der Waals surface area contributed by atoms with Crippen molar-refractivity contribution in [1.82, 2.24) is 0 Å². The Morgan fingerprint density at radius 1 is 1.47 bits per heavy atom. The molecular weight excluding hydrogens is 273 g/mol. The van der Waals surface area contributed by atoms with Gasteiger partial charge in [0, 0.05) is 17.0 Å². The first-order chi connectivity index (χ1) is 8.97. The van der Waals surface area contributed by atoms with E-state index in [2.05, 4.69) is 0 Å². The van der Waals surface area contributed by atoms with Crippen molar-refractivity contribution in [2.75, 3.05) is 0 Å². The fraction of sp³-hybridized carbons (Fsp3) is 0.167. The second-order valence-electron chi connectivity index (χ2n) is 3.81. The van der Waals surface area contributed by atoms with E-state index in [1.807, 2.05) is 0 Å². The van der Waals surface area contributed by atoms with Crippen molar-refractivity contribution in [3.63, 3.8) is 0 Å². The van der Waals surface area contributed by atoms with Crippen LogP contribution in [0.2, 0.25) is 0 Å². The van der Waals surface area contributed by atoms with Crippen LogP contribution in [0.25, 0.3) is 0 Å². The molecule has 0 saturated heterocycles. The molecule has 0 spiro atoms. The van der Waals surface area contributed by atoms with Gasteiger partial charge in [-0.05, 0) is 19.1 Å². The number of benzene rings is 1. The normalized spacial score (nSPS) is 12.2. The van der Waals surface area contributed by atoms with Gasteiger partial charge in [0.05, 0.1) is 11.0 Å². The van der Waals surface area contributed by atoms with E-state index in [9.17, 15) is 19.6 Å². The zero-order valence-corrected chi connectivity index (χ0v) is 10.7. The van der Waals surface area contributed by atoms with E-state index >= 15 is 0 Å². The second kappa shape index (κ2) is 5.33. The number of thiophene rings is 1. The van der Waals surface area contributed by atoms with E-state index in [0.717, 1.165) is 17.4 Å². The average Bonchev–Trinajstić information content (AvgIpc) is 2.73. The minimum Gasteiger partial charge on any atom is -0.440 e. The van der Waals surface area contributed by atoms with Crippen LogP contribution in [0.4, 0.5) is 10.1 Å². The van der Waals surface area contributed by atoms with E-state index in [1.165, 1.54) is 31.2 Å². The summed E-state index contributed by atoms with van der Waals surface area (Å²) >= 11 is 0.960. The van der Waals surface area contributed by atoms with Crippen LogP contribution in [0.15, 0.2) is 30.3 Å². The fourth-order valence-electron chi connectivity index (χ4n) is 1.43. The molecule has 0 bridgehead atoms. The van der Waals surface area contributed by atoms with Gasteiger partial charge in [-0.15, -0.1) is 0 Å². The summed E-state index contributed by atoms with van der Waals surface area (Å²) in [6.45, 7) is 1.50. The summed E-state index contributed by atoms with van der Waals surface area (Å²) in [5.41, 5.74) is -0.245. The Balaban J connectivity index is 2.36. The molecule has 0 unspecified atom stereocenters. The number of halogens is 1. The smallest absolute Gasteiger partial charge is 0.323 e. The van der Waals surface area contributed by atoms with Crippen LogP contribution in [-0.2, 0) is 0 Å². The summed E-state index contributed by atoms with van der Waals surface area (Å²) in [5, 5.41) is 20.3. The lowest BCUT2D eigenvalue weighted by molar-refractivity contribution is -0.385. The molecule has 2 aromatic rings. The van der Waals surface area contributed by atoms with Gasteiger partial charge in [-0.25, -0.2) is 4.39 Å². The number of hydrogen-bond acceptors (Lipinski definition) is 5. The lowest BCUT2D eigenvalue weighted by Crippen LogP contribution is -1.89. The van der Waals surface area contributed by atoms with Gasteiger partial charge in [-0.2, -0.15) is 0 Å². The Morgan fingerprint density at radius 3 is 2.79 bits per heavy atom. The number of nitrogens with zero attached hydrogens (tertiary/aromatic N) is 1. The fourth-order valence-corrected chi connectivity index (χ4v) is 2.36. The Labute approximate surface area is 112 Å². The van der Waals surface area contributed by atoms with E-state index < -0.39 is 16.8 Å². The highest BCUT2D eigenvalue weighted by atomic mass is 32.1. The van der Waals surface area contributed by atoms with Crippen LogP contribution in [-0.4, -0.2) is 10.0 Å². The molecule has 100 valence electrons. The van der Waals surface area contributed by atoms with Crippen molar-refractivity contribution in [3.8, 4) is 10.8 Å². The number of aliphatic hydroxyl groups is 1. The van der Waals surface area contributed by atoms with Crippen LogP contribution in [0.1, 0.15) is 17.9 Å². The average molecular weight is 283 g/mol. The third-order valence-electron chi connectivity index (χ3n) is 2.31. The zero-order valence-electron chi connectivity index (χ0n) is 9.87. The minimum atomic E-state index is -0.825. The van der Waals surface area contributed by atoms with Crippen LogP contribution in [0.3, 0.4) is 0 Å². The van der Waals surface area contributed by atoms with Crippen molar-refractivity contribution in [2.24, 2.45) is 0 Å². The standard InChI is InChI=1S/C12H10FNO4S/c1-7(15)11-6-10(14(16)17)12(19-11)18-9-4-2-3-8(13)5-9/h2-7,15H,1H3/t7-/m0/s1. The van der Waals surface area contributed by atoms with Crippen molar-refractivity contribution in [3.05, 3.63) is 51.1 Å². The quantitative estimate of drug-likeness (QED) is 0.686. The highest BCUT2D eigenvalue weighted by molar-refractivity contribution is 7.14. The van der Waals surface area contributed by atoms with Gasteiger partial charge in [0.2, 0.25) is 0 Å². The lowest BCUT2D eigenvalue weighted by Gasteiger charge is -2.02. The van der Waals surface area contributed by atoms with E-state index in [1.54, 1.807) is 0 Å². The molecule has 1 aromatic heterocycles. The highest BCUT2D eigenvalue weighted by Crippen LogP contribution is 2.41. The number of aliphatic hydroxyl groups excluding tert-OH is 1. The largest absolute Gasteiger partial charge is 0.440 e. The number of hydrogen-bond donors (Lipinski definition) is 1. The molecular formula is C12H10FNO4S. The zero-order chi connectivity index (χ0) is 14.0. The number of rotatable bonds is 4. The topological polar surface area (TPSA) is 72.6 Å². The molecule has 2 rings (SSSR count). The van der Waals surface area contributed by atoms with Gasteiger partial charge in [0.15, 0.2) is 0 Å². The van der Waals surface area contributed by atoms with Gasteiger partial charge in [0.1, 0.15) is 11.6 Å². The van der Waals surface area contributed by atoms with E-state index in [-0.39, 0.29) is 16.5 Å². The summed E-state index contributed by atoms with van der Waals surface area (Å²) in [6, 6.07) is 6.57. The maximum Gasteiger partial charge on any atom is 0.323 e. The summed E-state index contributed by atoms with van der Waals surface area (Å²) in [7, 11) is 0. The molecule has 0 amide bonds. The molecule has 1 atom stereocenters. The minimum absolute atomic E-state index is 0.0199. The molecule has 0 fully saturated rings. The molecule has 0 radical (unpaired) electrons. The highest BCUT2D eigenvalue weighted by Gasteiger charge is 2.23. The molecule has 0 saturated carbocycles. The molecule has 0 aliphatic carbocycles. The Hall–Kier alpha value is -1.99. The molecule has 19 heavy (non-hydrogen) atoms. The van der Waals surface area contributed by atoms with Crippen LogP contribution in [0.5, 0.6) is 10.8 Å². The van der Waals surface area contributed by atoms with Crippen molar-refractivity contribution in [2.45, 2.75) is 13.0 Å². The Kier molecular flexibility index (Phi) is 3.77. The molecule has 7 heteroatoms. The summed E-state index contributed by atoms with van der Waals surface area (Å²) in [4.78, 5) is 10.7. The first-order valence-electron chi connectivity index (χ1n) is 5.37. The SMILES string of the molecule is C[C@H](O)c1cc([N+](=O)[O-])c(Oc2cccc(F)c2)s1. The Morgan fingerprint density at radius 2 is 2.21 bits per heavy atom. The lowest BCUT2D eigenvalue weighted by atomic mass is 10.3. The number of ether oxygens (including phenoxy) is 1. The molecule has 0 aliphatic heterocycles. The predicted octanol–water partition coefficient (Wildman–Crippen LogP) is 3.64. The van der Waals surface area contributed by atoms with Crippen LogP contribution < -0.4 is 4.74 Å². The molecule has 5 nitrogen and oxygen atoms in total. The molecule has 1 N–H and O–H groups in total. The third kappa shape index (κ3) is 3.07. The van der Waals surface area contributed by atoms with E-state index in [4.69, 9.17) is 4.74 Å². The van der Waals surface area contributed by atoms with E-state index in [0.29, 0.717) is 4.88 Å². The van der Waals surface area contributed by atoms with Crippen molar-refractivity contribution >= 4 is 17.0 Å². The van der Waals surface area contributed by atoms with Gasteiger partial charge in [0.25, 0.3) is 5.06 Å². The van der Waals surface area contributed by atoms with Gasteiger partial charge in [-0.1, -0.05) is 17.4 Å². The third-order valence-corrected chi connectivity index (χ3v) is 3.49. The maximum absolute atomic E-state index is 13.0. The van der Waals surface area contributed by atoms with Crippen LogP contribution in [0, 0.1) is 15.9 Å². The molecule has 0 aliphatic rings. The summed E-state index contributed by atoms with van der Waals surface area (Å²) in [5.74, 6) is -0.324. The predicted molar refractivity (Wildman–Crippen MR) is 68.1 cm³/mol. The maximum atomic E-state index is 13.0. The van der Waals surface area contributed by atoms with Crippen molar-refractivity contribution in [1.29, 1.82) is 0 Å². The van der Waals surface area contributed by atoms with Gasteiger partial charge < -0.3 is 9.84 Å². The molecule has 1 aromatic carbocycles. The Bertz CT molecular complexity index is 612.